The number of methoxy groups -OCH3 is 1. The van der Waals surface area contributed by atoms with Crippen LogP contribution in [0.25, 0.3) is 0 Å². The van der Waals surface area contributed by atoms with E-state index in [4.69, 9.17) is 4.42 Å². The van der Waals surface area contributed by atoms with Crippen LogP contribution in [0.4, 0.5) is 0 Å². The summed E-state index contributed by atoms with van der Waals surface area (Å²) in [5, 5.41) is 3.39. The van der Waals surface area contributed by atoms with Gasteiger partial charge in [0, 0.05) is 11.8 Å². The number of rotatable bonds is 7. The van der Waals surface area contributed by atoms with Gasteiger partial charge in [0.2, 0.25) is 5.76 Å². The van der Waals surface area contributed by atoms with Crippen molar-refractivity contribution < 1.29 is 13.9 Å². The molecule has 1 unspecified atom stereocenters. The van der Waals surface area contributed by atoms with Crippen molar-refractivity contribution in [1.82, 2.24) is 5.32 Å². The van der Waals surface area contributed by atoms with E-state index in [0.29, 0.717) is 12.6 Å². The molecule has 1 heterocycles. The zero-order valence-corrected chi connectivity index (χ0v) is 11.3. The molecular weight excluding hydrogens is 238 g/mol. The SMILES string of the molecule is CCC(CSC)NCc1ccc(C(=O)OC)o1. The Labute approximate surface area is 106 Å². The third-order valence-electron chi connectivity index (χ3n) is 2.47. The summed E-state index contributed by atoms with van der Waals surface area (Å²) in [6.07, 6.45) is 3.16. The Bertz CT molecular complexity index is 351. The van der Waals surface area contributed by atoms with Crippen LogP contribution >= 0.6 is 11.8 Å². The van der Waals surface area contributed by atoms with E-state index in [9.17, 15) is 4.79 Å². The molecule has 0 bridgehead atoms. The van der Waals surface area contributed by atoms with Gasteiger partial charge in [0.25, 0.3) is 0 Å². The second-order valence-corrected chi connectivity index (χ2v) is 4.61. The van der Waals surface area contributed by atoms with Gasteiger partial charge in [0.15, 0.2) is 0 Å². The minimum absolute atomic E-state index is 0.252. The molecule has 0 amide bonds. The van der Waals surface area contributed by atoms with E-state index in [-0.39, 0.29) is 5.76 Å². The van der Waals surface area contributed by atoms with Crippen LogP contribution in [-0.2, 0) is 11.3 Å². The smallest absolute Gasteiger partial charge is 0.373 e. The number of carbonyl (C=O) groups excluding carboxylic acids is 1. The Hall–Kier alpha value is -0.940. The molecule has 0 radical (unpaired) electrons. The lowest BCUT2D eigenvalue weighted by Crippen LogP contribution is -2.29. The first-order valence-electron chi connectivity index (χ1n) is 5.60. The first-order chi connectivity index (χ1) is 8.21. The molecule has 5 heteroatoms. The number of furan rings is 1. The highest BCUT2D eigenvalue weighted by atomic mass is 32.2. The number of esters is 1. The normalized spacial score (nSPS) is 12.4. The van der Waals surface area contributed by atoms with Crippen molar-refractivity contribution in [3.63, 3.8) is 0 Å². The van der Waals surface area contributed by atoms with Crippen molar-refractivity contribution in [1.29, 1.82) is 0 Å². The Balaban J connectivity index is 2.46. The first-order valence-corrected chi connectivity index (χ1v) is 7.00. The second kappa shape index (κ2) is 7.40. The molecule has 1 atom stereocenters. The van der Waals surface area contributed by atoms with Crippen LogP contribution < -0.4 is 5.32 Å². The van der Waals surface area contributed by atoms with Crippen molar-refractivity contribution in [2.24, 2.45) is 0 Å². The van der Waals surface area contributed by atoms with Crippen LogP contribution in [0.5, 0.6) is 0 Å². The molecule has 0 saturated heterocycles. The van der Waals surface area contributed by atoms with Gasteiger partial charge in [0.1, 0.15) is 5.76 Å². The topological polar surface area (TPSA) is 51.5 Å². The molecule has 1 aromatic rings. The van der Waals surface area contributed by atoms with Crippen LogP contribution in [0.1, 0.15) is 29.7 Å². The average Bonchev–Trinajstić information content (AvgIpc) is 2.82. The van der Waals surface area contributed by atoms with Gasteiger partial charge in [-0.05, 0) is 24.8 Å². The fourth-order valence-electron chi connectivity index (χ4n) is 1.45. The van der Waals surface area contributed by atoms with Crippen LogP contribution in [0.2, 0.25) is 0 Å². The van der Waals surface area contributed by atoms with E-state index in [2.05, 4.69) is 23.2 Å². The highest BCUT2D eigenvalue weighted by Crippen LogP contribution is 2.10. The van der Waals surface area contributed by atoms with Crippen LogP contribution in [0.15, 0.2) is 16.5 Å². The van der Waals surface area contributed by atoms with Crippen molar-refractivity contribution in [2.45, 2.75) is 25.9 Å². The number of hydrogen-bond acceptors (Lipinski definition) is 5. The zero-order chi connectivity index (χ0) is 12.7. The summed E-state index contributed by atoms with van der Waals surface area (Å²) >= 11 is 1.82. The molecular formula is C12H19NO3S. The van der Waals surface area contributed by atoms with E-state index in [0.717, 1.165) is 17.9 Å². The van der Waals surface area contributed by atoms with Gasteiger partial charge in [-0.1, -0.05) is 6.92 Å². The minimum atomic E-state index is -0.438. The summed E-state index contributed by atoms with van der Waals surface area (Å²) in [6, 6.07) is 3.90. The zero-order valence-electron chi connectivity index (χ0n) is 10.5. The van der Waals surface area contributed by atoms with Gasteiger partial charge in [-0.3, -0.25) is 0 Å². The van der Waals surface area contributed by atoms with Gasteiger partial charge < -0.3 is 14.5 Å². The summed E-state index contributed by atoms with van der Waals surface area (Å²) in [6.45, 7) is 2.78. The van der Waals surface area contributed by atoms with Gasteiger partial charge in [-0.25, -0.2) is 4.79 Å². The first kappa shape index (κ1) is 14.1. The second-order valence-electron chi connectivity index (χ2n) is 3.70. The molecule has 1 N–H and O–H groups in total. The minimum Gasteiger partial charge on any atom is -0.463 e. The fourth-order valence-corrected chi connectivity index (χ4v) is 2.21. The van der Waals surface area contributed by atoms with E-state index in [1.165, 1.54) is 7.11 Å². The summed E-state index contributed by atoms with van der Waals surface area (Å²) in [5.41, 5.74) is 0. The molecule has 0 aromatic carbocycles. The molecule has 0 aliphatic carbocycles. The number of thioether (sulfide) groups is 1. The summed E-state index contributed by atoms with van der Waals surface area (Å²) in [4.78, 5) is 11.2. The average molecular weight is 257 g/mol. The molecule has 96 valence electrons. The van der Waals surface area contributed by atoms with Crippen molar-refractivity contribution in [3.8, 4) is 0 Å². The van der Waals surface area contributed by atoms with Crippen LogP contribution in [-0.4, -0.2) is 31.1 Å². The monoisotopic (exact) mass is 257 g/mol. The maximum absolute atomic E-state index is 11.2. The standard InChI is InChI=1S/C12H19NO3S/c1-4-9(8-17-3)13-7-10-5-6-11(16-10)12(14)15-2/h5-6,9,13H,4,7-8H2,1-3H3. The van der Waals surface area contributed by atoms with Gasteiger partial charge in [0.05, 0.1) is 13.7 Å². The lowest BCUT2D eigenvalue weighted by Gasteiger charge is -2.14. The largest absolute Gasteiger partial charge is 0.463 e. The Kier molecular flexibility index (Phi) is 6.15. The number of carbonyl (C=O) groups is 1. The van der Waals surface area contributed by atoms with Crippen LogP contribution in [0.3, 0.4) is 0 Å². The molecule has 0 saturated carbocycles. The molecule has 0 aliphatic heterocycles. The van der Waals surface area contributed by atoms with Crippen molar-refractivity contribution in [3.05, 3.63) is 23.7 Å². The predicted molar refractivity (Wildman–Crippen MR) is 69.3 cm³/mol. The molecule has 4 nitrogen and oxygen atoms in total. The Morgan fingerprint density at radius 1 is 1.59 bits per heavy atom. The number of ether oxygens (including phenoxy) is 1. The van der Waals surface area contributed by atoms with Crippen LogP contribution in [0, 0.1) is 0 Å². The lowest BCUT2D eigenvalue weighted by atomic mass is 10.2. The van der Waals surface area contributed by atoms with Crippen molar-refractivity contribution in [2.75, 3.05) is 19.1 Å². The fraction of sp³-hybridized carbons (Fsp3) is 0.583. The third kappa shape index (κ3) is 4.44. The Morgan fingerprint density at radius 2 is 2.35 bits per heavy atom. The van der Waals surface area contributed by atoms with Crippen molar-refractivity contribution >= 4 is 17.7 Å². The summed E-state index contributed by atoms with van der Waals surface area (Å²) < 4.78 is 9.94. The summed E-state index contributed by atoms with van der Waals surface area (Å²) in [7, 11) is 1.34. The van der Waals surface area contributed by atoms with E-state index >= 15 is 0 Å². The van der Waals surface area contributed by atoms with Gasteiger partial charge in [-0.2, -0.15) is 11.8 Å². The van der Waals surface area contributed by atoms with E-state index in [1.807, 2.05) is 11.8 Å². The number of hydrogen-bond donors (Lipinski definition) is 1. The molecule has 0 fully saturated rings. The molecule has 1 rings (SSSR count). The number of nitrogens with one attached hydrogen (secondary N) is 1. The lowest BCUT2D eigenvalue weighted by molar-refractivity contribution is 0.0563. The highest BCUT2D eigenvalue weighted by Gasteiger charge is 2.11. The highest BCUT2D eigenvalue weighted by molar-refractivity contribution is 7.98. The van der Waals surface area contributed by atoms with Gasteiger partial charge in [-0.15, -0.1) is 0 Å². The van der Waals surface area contributed by atoms with E-state index < -0.39 is 5.97 Å². The van der Waals surface area contributed by atoms with Gasteiger partial charge >= 0.3 is 5.97 Å². The van der Waals surface area contributed by atoms with E-state index in [1.54, 1.807) is 12.1 Å². The summed E-state index contributed by atoms with van der Waals surface area (Å²) in [5.74, 6) is 1.64. The predicted octanol–water partition coefficient (Wildman–Crippen LogP) is 2.30. The maximum atomic E-state index is 11.2. The molecule has 0 spiro atoms. The third-order valence-corrected chi connectivity index (χ3v) is 3.21. The Morgan fingerprint density at radius 3 is 2.94 bits per heavy atom. The quantitative estimate of drug-likeness (QED) is 0.760. The molecule has 1 aromatic heterocycles. The molecule has 17 heavy (non-hydrogen) atoms. The molecule has 0 aliphatic rings. The maximum Gasteiger partial charge on any atom is 0.373 e.